The van der Waals surface area contributed by atoms with Crippen molar-refractivity contribution in [1.29, 1.82) is 0 Å². The van der Waals surface area contributed by atoms with Crippen LogP contribution in [-0.2, 0) is 17.6 Å². The number of urea groups is 1. The highest BCUT2D eigenvalue weighted by Gasteiger charge is 2.13. The molecule has 0 bridgehead atoms. The molecule has 5 nitrogen and oxygen atoms in total. The van der Waals surface area contributed by atoms with Crippen LogP contribution in [0.2, 0.25) is 0 Å². The molecule has 0 saturated heterocycles. The highest BCUT2D eigenvalue weighted by molar-refractivity contribution is 5.81. The SMILES string of the molecule is O=C(NCCc1ccc(F)cc1)N[C@@H](Cc1ccccc1)C(=O)[O-]. The maximum Gasteiger partial charge on any atom is 0.315 e. The molecule has 0 saturated carbocycles. The largest absolute Gasteiger partial charge is 0.548 e. The summed E-state index contributed by atoms with van der Waals surface area (Å²) in [6.45, 7) is 0.308. The van der Waals surface area contributed by atoms with E-state index in [4.69, 9.17) is 0 Å². The van der Waals surface area contributed by atoms with Gasteiger partial charge in [0.15, 0.2) is 0 Å². The van der Waals surface area contributed by atoms with Crippen molar-refractivity contribution in [2.24, 2.45) is 0 Å². The van der Waals surface area contributed by atoms with Crippen LogP contribution >= 0.6 is 0 Å². The van der Waals surface area contributed by atoms with Gasteiger partial charge >= 0.3 is 6.03 Å². The second-order valence-electron chi connectivity index (χ2n) is 5.34. The van der Waals surface area contributed by atoms with Gasteiger partial charge in [0.05, 0.1) is 12.0 Å². The average Bonchev–Trinajstić information content (AvgIpc) is 2.57. The van der Waals surface area contributed by atoms with Crippen molar-refractivity contribution in [3.63, 3.8) is 0 Å². The molecule has 0 aliphatic rings. The number of benzene rings is 2. The van der Waals surface area contributed by atoms with E-state index in [-0.39, 0.29) is 12.2 Å². The predicted molar refractivity (Wildman–Crippen MR) is 85.6 cm³/mol. The number of nitrogens with one attached hydrogen (secondary N) is 2. The zero-order valence-electron chi connectivity index (χ0n) is 13.0. The molecule has 2 amide bonds. The number of amides is 2. The normalized spacial score (nSPS) is 11.5. The Morgan fingerprint density at radius 1 is 1.00 bits per heavy atom. The molecular weight excluding hydrogens is 311 g/mol. The van der Waals surface area contributed by atoms with Gasteiger partial charge in [-0.2, -0.15) is 0 Å². The van der Waals surface area contributed by atoms with Gasteiger partial charge in [-0.25, -0.2) is 9.18 Å². The van der Waals surface area contributed by atoms with Crippen LogP contribution in [0.5, 0.6) is 0 Å². The van der Waals surface area contributed by atoms with E-state index in [2.05, 4.69) is 10.6 Å². The summed E-state index contributed by atoms with van der Waals surface area (Å²) < 4.78 is 12.8. The summed E-state index contributed by atoms with van der Waals surface area (Å²) in [4.78, 5) is 23.0. The minimum Gasteiger partial charge on any atom is -0.548 e. The van der Waals surface area contributed by atoms with E-state index in [1.165, 1.54) is 12.1 Å². The number of aliphatic carboxylic acids is 1. The summed E-state index contributed by atoms with van der Waals surface area (Å²) in [7, 11) is 0. The second kappa shape index (κ2) is 8.67. The Labute approximate surface area is 139 Å². The van der Waals surface area contributed by atoms with Gasteiger partial charge in [-0.15, -0.1) is 0 Å². The minimum absolute atomic E-state index is 0.147. The molecule has 0 fully saturated rings. The zero-order chi connectivity index (χ0) is 17.4. The lowest BCUT2D eigenvalue weighted by atomic mass is 10.1. The van der Waals surface area contributed by atoms with Crippen molar-refractivity contribution < 1.29 is 19.1 Å². The predicted octanol–water partition coefficient (Wildman–Crippen LogP) is 1.03. The van der Waals surface area contributed by atoms with Crippen LogP contribution in [0.1, 0.15) is 11.1 Å². The summed E-state index contributed by atoms with van der Waals surface area (Å²) in [5, 5.41) is 16.1. The first-order valence-corrected chi connectivity index (χ1v) is 7.58. The fourth-order valence-corrected chi connectivity index (χ4v) is 2.22. The van der Waals surface area contributed by atoms with E-state index >= 15 is 0 Å². The van der Waals surface area contributed by atoms with Crippen LogP contribution in [0.25, 0.3) is 0 Å². The highest BCUT2D eigenvalue weighted by Crippen LogP contribution is 2.04. The quantitative estimate of drug-likeness (QED) is 0.796. The molecule has 0 heterocycles. The van der Waals surface area contributed by atoms with E-state index in [1.807, 2.05) is 6.07 Å². The van der Waals surface area contributed by atoms with Gasteiger partial charge in [0, 0.05) is 6.54 Å². The van der Waals surface area contributed by atoms with Crippen LogP contribution < -0.4 is 15.7 Å². The van der Waals surface area contributed by atoms with Crippen LogP contribution in [0, 0.1) is 5.82 Å². The molecule has 0 aromatic heterocycles. The molecule has 2 aromatic rings. The molecule has 2 aromatic carbocycles. The average molecular weight is 329 g/mol. The Kier molecular flexibility index (Phi) is 6.31. The maximum atomic E-state index is 12.8. The van der Waals surface area contributed by atoms with Gasteiger partial charge in [-0.3, -0.25) is 0 Å². The van der Waals surface area contributed by atoms with Crippen molar-refractivity contribution in [3.8, 4) is 0 Å². The number of carboxylic acids is 1. The molecule has 2 rings (SSSR count). The molecule has 0 spiro atoms. The number of hydrogen-bond donors (Lipinski definition) is 2. The van der Waals surface area contributed by atoms with E-state index < -0.39 is 18.0 Å². The van der Waals surface area contributed by atoms with Gasteiger partial charge in [0.2, 0.25) is 0 Å². The van der Waals surface area contributed by atoms with E-state index in [1.54, 1.807) is 36.4 Å². The van der Waals surface area contributed by atoms with E-state index in [9.17, 15) is 19.1 Å². The van der Waals surface area contributed by atoms with Crippen molar-refractivity contribution in [2.45, 2.75) is 18.9 Å². The number of carbonyl (C=O) groups is 2. The second-order valence-corrected chi connectivity index (χ2v) is 5.34. The van der Waals surface area contributed by atoms with Crippen molar-refractivity contribution in [1.82, 2.24) is 10.6 Å². The molecule has 126 valence electrons. The molecular formula is C18H18FN2O3-. The van der Waals surface area contributed by atoms with Gasteiger partial charge in [0.25, 0.3) is 0 Å². The van der Waals surface area contributed by atoms with Crippen LogP contribution in [0.4, 0.5) is 9.18 Å². The lowest BCUT2D eigenvalue weighted by Crippen LogP contribution is -2.52. The maximum absolute atomic E-state index is 12.8. The first kappa shape index (κ1) is 17.5. The molecule has 1 atom stereocenters. The van der Waals surface area contributed by atoms with Gasteiger partial charge < -0.3 is 20.5 Å². The van der Waals surface area contributed by atoms with Crippen LogP contribution in [0.15, 0.2) is 54.6 Å². The summed E-state index contributed by atoms with van der Waals surface area (Å²) in [6.07, 6.45) is 0.664. The molecule has 0 radical (unpaired) electrons. The smallest absolute Gasteiger partial charge is 0.315 e. The number of carboxylic acid groups (broad SMARTS) is 1. The van der Waals surface area contributed by atoms with Gasteiger partial charge in [-0.1, -0.05) is 42.5 Å². The molecule has 2 N–H and O–H groups in total. The Hall–Kier alpha value is -2.89. The lowest BCUT2D eigenvalue weighted by Gasteiger charge is -2.20. The number of carbonyl (C=O) groups excluding carboxylic acids is 2. The summed E-state index contributed by atoms with van der Waals surface area (Å²) in [5.74, 6) is -1.66. The molecule has 0 aliphatic carbocycles. The number of halogens is 1. The van der Waals surface area contributed by atoms with Gasteiger partial charge in [0.1, 0.15) is 5.82 Å². The summed E-state index contributed by atoms with van der Waals surface area (Å²) in [6, 6.07) is 13.3. The summed E-state index contributed by atoms with van der Waals surface area (Å²) in [5.41, 5.74) is 1.66. The Morgan fingerprint density at radius 3 is 2.29 bits per heavy atom. The van der Waals surface area contributed by atoms with E-state index in [0.29, 0.717) is 13.0 Å². The number of hydrogen-bond acceptors (Lipinski definition) is 3. The molecule has 24 heavy (non-hydrogen) atoms. The Balaban J connectivity index is 1.80. The fraction of sp³-hybridized carbons (Fsp3) is 0.222. The Bertz CT molecular complexity index is 674. The lowest BCUT2D eigenvalue weighted by molar-refractivity contribution is -0.308. The van der Waals surface area contributed by atoms with Crippen LogP contribution in [-0.4, -0.2) is 24.6 Å². The first-order chi connectivity index (χ1) is 11.5. The molecule has 0 unspecified atom stereocenters. The standard InChI is InChI=1S/C18H19FN2O3/c19-15-8-6-13(7-9-15)10-11-20-18(24)21-16(17(22)23)12-14-4-2-1-3-5-14/h1-9,16H,10-12H2,(H,22,23)(H2,20,21,24)/p-1/t16-/m0/s1. The zero-order valence-corrected chi connectivity index (χ0v) is 13.0. The molecule has 6 heteroatoms. The molecule has 0 aliphatic heterocycles. The fourth-order valence-electron chi connectivity index (χ4n) is 2.22. The highest BCUT2D eigenvalue weighted by atomic mass is 19.1. The number of rotatable bonds is 7. The Morgan fingerprint density at radius 2 is 1.67 bits per heavy atom. The monoisotopic (exact) mass is 329 g/mol. The third-order valence-corrected chi connectivity index (χ3v) is 3.48. The van der Waals surface area contributed by atoms with Crippen molar-refractivity contribution >= 4 is 12.0 Å². The van der Waals surface area contributed by atoms with E-state index in [0.717, 1.165) is 11.1 Å². The third kappa shape index (κ3) is 5.72. The van der Waals surface area contributed by atoms with Gasteiger partial charge in [-0.05, 0) is 36.1 Å². The minimum atomic E-state index is -1.34. The topological polar surface area (TPSA) is 81.3 Å². The summed E-state index contributed by atoms with van der Waals surface area (Å²) >= 11 is 0. The third-order valence-electron chi connectivity index (χ3n) is 3.48. The van der Waals surface area contributed by atoms with Crippen molar-refractivity contribution in [2.75, 3.05) is 6.54 Å². The first-order valence-electron chi connectivity index (χ1n) is 7.58. The van der Waals surface area contributed by atoms with Crippen molar-refractivity contribution in [3.05, 3.63) is 71.5 Å². The van der Waals surface area contributed by atoms with Crippen LogP contribution in [0.3, 0.4) is 0 Å².